The maximum absolute atomic E-state index is 6.23. The molecule has 2 atom stereocenters. The van der Waals surface area contributed by atoms with Gasteiger partial charge in [0.25, 0.3) is 0 Å². The third-order valence-corrected chi connectivity index (χ3v) is 3.24. The summed E-state index contributed by atoms with van der Waals surface area (Å²) in [6, 6.07) is 0. The van der Waals surface area contributed by atoms with Crippen molar-refractivity contribution in [2.45, 2.75) is 78.0 Å². The second-order valence-electron chi connectivity index (χ2n) is 5.16. The number of rotatable bonds is 8. The third-order valence-electron chi connectivity index (χ3n) is 3.24. The first-order valence-electron chi connectivity index (χ1n) is 6.30. The highest BCUT2D eigenvalue weighted by molar-refractivity contribution is 6.14. The van der Waals surface area contributed by atoms with Gasteiger partial charge in [0.15, 0.2) is 0 Å². The van der Waals surface area contributed by atoms with Crippen molar-refractivity contribution < 1.29 is 0 Å². The smallest absolute Gasteiger partial charge is 0.0688 e. The zero-order valence-electron chi connectivity index (χ0n) is 10.6. The first-order valence-corrected chi connectivity index (χ1v) is 6.30. The summed E-state index contributed by atoms with van der Waals surface area (Å²) >= 11 is 0. The average Bonchev–Trinajstić information content (AvgIpc) is 2.14. The Hall–Kier alpha value is 0.0649. The Morgan fingerprint density at radius 2 is 1.71 bits per heavy atom. The molecule has 0 heterocycles. The van der Waals surface area contributed by atoms with Crippen molar-refractivity contribution in [2.24, 2.45) is 5.92 Å². The normalized spacial score (nSPS) is 17.7. The second kappa shape index (κ2) is 7.37. The van der Waals surface area contributed by atoms with Crippen LogP contribution in [0.15, 0.2) is 0 Å². The van der Waals surface area contributed by atoms with Crippen molar-refractivity contribution in [2.75, 3.05) is 0 Å². The van der Waals surface area contributed by atoms with Gasteiger partial charge in [-0.25, -0.2) is 0 Å². The lowest BCUT2D eigenvalue weighted by Crippen LogP contribution is -2.08. The predicted molar refractivity (Wildman–Crippen MR) is 67.0 cm³/mol. The zero-order chi connectivity index (χ0) is 11.0. The highest BCUT2D eigenvalue weighted by Crippen LogP contribution is 2.34. The fraction of sp³-hybridized carbons (Fsp3) is 1.00. The minimum absolute atomic E-state index is 0.0868. The first kappa shape index (κ1) is 14.1. The lowest BCUT2D eigenvalue weighted by atomic mass is 9.64. The lowest BCUT2D eigenvalue weighted by molar-refractivity contribution is 0.424. The van der Waals surface area contributed by atoms with Crippen LogP contribution in [0, 0.1) is 5.92 Å². The molecule has 0 aliphatic heterocycles. The van der Waals surface area contributed by atoms with Crippen LogP contribution in [-0.4, -0.2) is 7.85 Å². The molecule has 14 heavy (non-hydrogen) atoms. The number of hydrogen-bond acceptors (Lipinski definition) is 0. The van der Waals surface area contributed by atoms with Crippen LogP contribution in [0.1, 0.15) is 72.6 Å². The Morgan fingerprint density at radius 3 is 2.21 bits per heavy atom. The van der Waals surface area contributed by atoms with Crippen molar-refractivity contribution >= 4 is 7.85 Å². The molecular weight excluding hydrogens is 167 g/mol. The van der Waals surface area contributed by atoms with Crippen LogP contribution < -0.4 is 0 Å². The minimum Gasteiger partial charge on any atom is -0.0688 e. The summed E-state index contributed by atoms with van der Waals surface area (Å²) in [6.07, 6.45) is 8.85. The van der Waals surface area contributed by atoms with E-state index in [1.807, 2.05) is 0 Å². The van der Waals surface area contributed by atoms with E-state index in [1.54, 1.807) is 0 Å². The molecule has 0 rings (SSSR count). The molecule has 0 nitrogen and oxygen atoms in total. The summed E-state index contributed by atoms with van der Waals surface area (Å²) < 4.78 is 0. The Bertz CT molecular complexity index is 129. The van der Waals surface area contributed by atoms with Gasteiger partial charge in [0, 0.05) is 0 Å². The molecule has 0 N–H and O–H groups in total. The molecule has 0 aliphatic rings. The maximum Gasteiger partial charge on any atom is 0.0742 e. The molecule has 2 unspecified atom stereocenters. The first-order chi connectivity index (χ1) is 6.52. The van der Waals surface area contributed by atoms with Crippen LogP contribution in [0.25, 0.3) is 0 Å². The molecule has 0 aromatic heterocycles. The quantitative estimate of drug-likeness (QED) is 0.489. The summed E-state index contributed by atoms with van der Waals surface area (Å²) in [5.74, 6) is 0.872. The molecule has 0 saturated heterocycles. The number of unbranched alkanes of at least 4 members (excludes halogenated alkanes) is 1. The van der Waals surface area contributed by atoms with Gasteiger partial charge >= 0.3 is 0 Å². The van der Waals surface area contributed by atoms with E-state index < -0.39 is 0 Å². The van der Waals surface area contributed by atoms with E-state index in [-0.39, 0.29) is 5.31 Å². The van der Waals surface area contributed by atoms with Crippen LogP contribution in [0.4, 0.5) is 0 Å². The van der Waals surface area contributed by atoms with E-state index in [0.717, 1.165) is 5.92 Å². The van der Waals surface area contributed by atoms with Crippen LogP contribution in [-0.2, 0) is 0 Å². The van der Waals surface area contributed by atoms with Crippen LogP contribution in [0.3, 0.4) is 0 Å². The molecule has 1 heteroatoms. The molecular formula is C13H27B. The van der Waals surface area contributed by atoms with E-state index >= 15 is 0 Å². The molecule has 0 saturated carbocycles. The fourth-order valence-electron chi connectivity index (χ4n) is 1.76. The molecule has 0 bridgehead atoms. The summed E-state index contributed by atoms with van der Waals surface area (Å²) in [4.78, 5) is 0. The van der Waals surface area contributed by atoms with Crippen molar-refractivity contribution in [3.05, 3.63) is 0 Å². The predicted octanol–water partition coefficient (Wildman–Crippen LogP) is 4.74. The highest BCUT2D eigenvalue weighted by Gasteiger charge is 2.16. The van der Waals surface area contributed by atoms with Crippen molar-refractivity contribution in [1.29, 1.82) is 0 Å². The van der Waals surface area contributed by atoms with Gasteiger partial charge in [-0.2, -0.15) is 0 Å². The largest absolute Gasteiger partial charge is 0.0742 e. The number of hydrogen-bond donors (Lipinski definition) is 0. The summed E-state index contributed by atoms with van der Waals surface area (Å²) in [6.45, 7) is 9.04. The van der Waals surface area contributed by atoms with Crippen molar-refractivity contribution in [3.8, 4) is 0 Å². The molecule has 0 spiro atoms. The SMILES string of the molecule is [B]C(C)(CCCC)CCCC(C)CC. The lowest BCUT2D eigenvalue weighted by Gasteiger charge is -2.25. The molecule has 82 valence electrons. The van der Waals surface area contributed by atoms with E-state index in [2.05, 4.69) is 27.7 Å². The topological polar surface area (TPSA) is 0 Å². The van der Waals surface area contributed by atoms with Crippen LogP contribution in [0.2, 0.25) is 5.31 Å². The van der Waals surface area contributed by atoms with Crippen molar-refractivity contribution in [3.63, 3.8) is 0 Å². The summed E-state index contributed by atoms with van der Waals surface area (Å²) in [7, 11) is 6.23. The monoisotopic (exact) mass is 194 g/mol. The summed E-state index contributed by atoms with van der Waals surface area (Å²) in [5.41, 5.74) is 0. The second-order valence-corrected chi connectivity index (χ2v) is 5.16. The van der Waals surface area contributed by atoms with Gasteiger partial charge in [-0.05, 0) is 5.92 Å². The zero-order valence-corrected chi connectivity index (χ0v) is 10.6. The average molecular weight is 194 g/mol. The van der Waals surface area contributed by atoms with Gasteiger partial charge in [-0.1, -0.05) is 78.0 Å². The molecule has 0 aromatic carbocycles. The minimum atomic E-state index is 0.0868. The maximum atomic E-state index is 6.23. The Balaban J connectivity index is 3.54. The van der Waals surface area contributed by atoms with E-state index in [9.17, 15) is 0 Å². The summed E-state index contributed by atoms with van der Waals surface area (Å²) in [5, 5.41) is 0.0868. The van der Waals surface area contributed by atoms with Gasteiger partial charge in [0.05, 0.1) is 7.85 Å². The van der Waals surface area contributed by atoms with Crippen molar-refractivity contribution in [1.82, 2.24) is 0 Å². The van der Waals surface area contributed by atoms with Gasteiger partial charge in [-0.15, -0.1) is 0 Å². The van der Waals surface area contributed by atoms with E-state index in [4.69, 9.17) is 7.85 Å². The molecule has 0 amide bonds. The standard InChI is InChI=1S/C13H27B/c1-5-7-10-13(4,14)11-8-9-12(3)6-2/h12H,5-11H2,1-4H3. The van der Waals surface area contributed by atoms with Crippen LogP contribution >= 0.6 is 0 Å². The Labute approximate surface area is 92.3 Å². The van der Waals surface area contributed by atoms with Gasteiger partial charge in [-0.3, -0.25) is 0 Å². The molecule has 2 radical (unpaired) electrons. The van der Waals surface area contributed by atoms with Gasteiger partial charge in [0.1, 0.15) is 0 Å². The Kier molecular flexibility index (Phi) is 7.40. The third kappa shape index (κ3) is 7.47. The van der Waals surface area contributed by atoms with E-state index in [0.29, 0.717) is 0 Å². The molecule has 0 aliphatic carbocycles. The van der Waals surface area contributed by atoms with Crippen LogP contribution in [0.5, 0.6) is 0 Å². The van der Waals surface area contributed by atoms with Gasteiger partial charge in [0.2, 0.25) is 0 Å². The molecule has 0 aromatic rings. The van der Waals surface area contributed by atoms with E-state index in [1.165, 1.54) is 44.9 Å². The van der Waals surface area contributed by atoms with Gasteiger partial charge < -0.3 is 0 Å². The Morgan fingerprint density at radius 1 is 1.14 bits per heavy atom. The molecule has 0 fully saturated rings. The fourth-order valence-corrected chi connectivity index (χ4v) is 1.76. The highest BCUT2D eigenvalue weighted by atomic mass is 14.2.